The van der Waals surface area contributed by atoms with Crippen molar-refractivity contribution in [2.24, 2.45) is 0 Å². The summed E-state index contributed by atoms with van der Waals surface area (Å²) in [7, 11) is 0. The van der Waals surface area contributed by atoms with E-state index in [-0.39, 0.29) is 5.91 Å². The number of carbonyl (C=O) groups excluding carboxylic acids is 1. The quantitative estimate of drug-likeness (QED) is 0.778. The van der Waals surface area contributed by atoms with E-state index in [4.69, 9.17) is 4.52 Å². The summed E-state index contributed by atoms with van der Waals surface area (Å²) < 4.78 is 5.22. The van der Waals surface area contributed by atoms with Gasteiger partial charge in [-0.2, -0.15) is 11.3 Å². The van der Waals surface area contributed by atoms with Gasteiger partial charge in [-0.15, -0.1) is 0 Å². The first-order valence-corrected chi connectivity index (χ1v) is 8.47. The lowest BCUT2D eigenvalue weighted by Gasteiger charge is -2.07. The second-order valence-corrected chi connectivity index (χ2v) is 6.37. The third-order valence-electron chi connectivity index (χ3n) is 3.87. The summed E-state index contributed by atoms with van der Waals surface area (Å²) in [6.07, 6.45) is 4.00. The van der Waals surface area contributed by atoms with Gasteiger partial charge < -0.3 is 9.84 Å². The molecule has 116 valence electrons. The third kappa shape index (κ3) is 3.03. The number of thiophene rings is 1. The number of carbonyl (C=O) groups is 1. The highest BCUT2D eigenvalue weighted by Crippen LogP contribution is 2.40. The molecule has 1 fully saturated rings. The van der Waals surface area contributed by atoms with Crippen LogP contribution in [0.1, 0.15) is 40.6 Å². The molecule has 3 heterocycles. The van der Waals surface area contributed by atoms with Crippen LogP contribution in [-0.4, -0.2) is 16.0 Å². The van der Waals surface area contributed by atoms with E-state index >= 15 is 0 Å². The molecule has 0 aliphatic heterocycles. The Hall–Kier alpha value is -2.47. The van der Waals surface area contributed by atoms with Gasteiger partial charge in [-0.3, -0.25) is 9.78 Å². The molecule has 3 aromatic heterocycles. The molecule has 3 aromatic rings. The van der Waals surface area contributed by atoms with Crippen molar-refractivity contribution >= 4 is 17.2 Å². The summed E-state index contributed by atoms with van der Waals surface area (Å²) in [5, 5.41) is 10.8. The van der Waals surface area contributed by atoms with Crippen molar-refractivity contribution in [1.29, 1.82) is 0 Å². The maximum atomic E-state index is 12.2. The highest BCUT2D eigenvalue weighted by atomic mass is 32.1. The van der Waals surface area contributed by atoms with E-state index in [2.05, 4.69) is 15.5 Å². The fourth-order valence-electron chi connectivity index (χ4n) is 2.46. The Morgan fingerprint density at radius 1 is 1.39 bits per heavy atom. The molecule has 0 radical (unpaired) electrons. The van der Waals surface area contributed by atoms with Crippen LogP contribution < -0.4 is 5.32 Å². The topological polar surface area (TPSA) is 68.0 Å². The normalized spacial score (nSPS) is 13.9. The van der Waals surface area contributed by atoms with Crippen molar-refractivity contribution in [2.75, 3.05) is 0 Å². The molecule has 0 unspecified atom stereocenters. The van der Waals surface area contributed by atoms with E-state index in [1.165, 1.54) is 0 Å². The highest BCUT2D eigenvalue weighted by molar-refractivity contribution is 7.08. The van der Waals surface area contributed by atoms with E-state index in [9.17, 15) is 4.79 Å². The van der Waals surface area contributed by atoms with Crippen LogP contribution in [0, 0.1) is 0 Å². The zero-order valence-corrected chi connectivity index (χ0v) is 13.2. The summed E-state index contributed by atoms with van der Waals surface area (Å²) in [5.74, 6) is 1.05. The number of nitrogens with zero attached hydrogens (tertiary/aromatic N) is 2. The zero-order valence-electron chi connectivity index (χ0n) is 12.4. The van der Waals surface area contributed by atoms with Gasteiger partial charge >= 0.3 is 0 Å². The molecule has 0 bridgehead atoms. The summed E-state index contributed by atoms with van der Waals surface area (Å²) >= 11 is 1.63. The Balaban J connectivity index is 1.47. The molecule has 1 saturated carbocycles. The highest BCUT2D eigenvalue weighted by Gasteiger charge is 2.28. The van der Waals surface area contributed by atoms with Gasteiger partial charge in [0, 0.05) is 35.7 Å². The minimum absolute atomic E-state index is 0.222. The summed E-state index contributed by atoms with van der Waals surface area (Å²) in [5.41, 5.74) is 3.28. The van der Waals surface area contributed by atoms with Crippen molar-refractivity contribution in [3.63, 3.8) is 0 Å². The smallest absolute Gasteiger partial charge is 0.273 e. The first kappa shape index (κ1) is 14.1. The van der Waals surface area contributed by atoms with Crippen LogP contribution in [-0.2, 0) is 6.54 Å². The van der Waals surface area contributed by atoms with Crippen LogP contribution in [0.25, 0.3) is 11.3 Å². The molecule has 0 spiro atoms. The Morgan fingerprint density at radius 3 is 3.09 bits per heavy atom. The lowest BCUT2D eigenvalue weighted by molar-refractivity contribution is 0.0942. The predicted molar refractivity (Wildman–Crippen MR) is 87.2 cm³/mol. The molecule has 1 aliphatic carbocycles. The number of aromatic nitrogens is 2. The molecule has 5 nitrogen and oxygen atoms in total. The van der Waals surface area contributed by atoms with Crippen LogP contribution in [0.4, 0.5) is 0 Å². The molecule has 1 aliphatic rings. The number of hydrogen-bond donors (Lipinski definition) is 1. The van der Waals surface area contributed by atoms with Gasteiger partial charge in [-0.1, -0.05) is 11.2 Å². The molecule has 0 atom stereocenters. The Bertz CT molecular complexity index is 822. The lowest BCUT2D eigenvalue weighted by atomic mass is 10.1. The molecule has 0 saturated heterocycles. The van der Waals surface area contributed by atoms with Crippen LogP contribution in [0.3, 0.4) is 0 Å². The van der Waals surface area contributed by atoms with Gasteiger partial charge in [0.2, 0.25) is 0 Å². The lowest BCUT2D eigenvalue weighted by Crippen LogP contribution is -2.23. The van der Waals surface area contributed by atoms with Crippen molar-refractivity contribution in [3.05, 3.63) is 58.2 Å². The average Bonchev–Trinajstić information content (AvgIpc) is 3.10. The Labute approximate surface area is 137 Å². The van der Waals surface area contributed by atoms with E-state index in [0.29, 0.717) is 18.2 Å². The van der Waals surface area contributed by atoms with Crippen molar-refractivity contribution in [3.8, 4) is 11.3 Å². The largest absolute Gasteiger partial charge is 0.360 e. The number of nitrogens with one attached hydrogen (secondary N) is 1. The van der Waals surface area contributed by atoms with Gasteiger partial charge in [0.15, 0.2) is 5.69 Å². The summed E-state index contributed by atoms with van der Waals surface area (Å²) in [4.78, 5) is 16.6. The van der Waals surface area contributed by atoms with Gasteiger partial charge in [0.05, 0.1) is 5.69 Å². The van der Waals surface area contributed by atoms with Crippen molar-refractivity contribution < 1.29 is 9.32 Å². The molecule has 0 aromatic carbocycles. The number of rotatable bonds is 5. The minimum Gasteiger partial charge on any atom is -0.360 e. The van der Waals surface area contributed by atoms with Gasteiger partial charge in [0.25, 0.3) is 5.91 Å². The van der Waals surface area contributed by atoms with E-state index in [1.807, 2.05) is 29.0 Å². The van der Waals surface area contributed by atoms with Gasteiger partial charge in [-0.05, 0) is 35.9 Å². The molecular formula is C17H15N3O2S. The maximum Gasteiger partial charge on any atom is 0.273 e. The fourth-order valence-corrected chi connectivity index (χ4v) is 3.10. The van der Waals surface area contributed by atoms with E-state index < -0.39 is 0 Å². The van der Waals surface area contributed by atoms with Crippen LogP contribution >= 0.6 is 11.3 Å². The summed E-state index contributed by atoms with van der Waals surface area (Å²) in [6.45, 7) is 0.406. The first-order chi connectivity index (χ1) is 11.3. The first-order valence-electron chi connectivity index (χ1n) is 7.52. The van der Waals surface area contributed by atoms with E-state index in [0.717, 1.165) is 35.4 Å². The molecule has 23 heavy (non-hydrogen) atoms. The predicted octanol–water partition coefficient (Wildman–Crippen LogP) is 3.61. The zero-order chi connectivity index (χ0) is 15.6. The molecular weight excluding hydrogens is 310 g/mol. The fraction of sp³-hybridized carbons (Fsp3) is 0.235. The Kier molecular flexibility index (Phi) is 3.67. The van der Waals surface area contributed by atoms with Crippen LogP contribution in [0.15, 0.2) is 45.7 Å². The van der Waals surface area contributed by atoms with Gasteiger partial charge in [0.1, 0.15) is 5.76 Å². The average molecular weight is 325 g/mol. The molecule has 4 rings (SSSR count). The molecule has 1 N–H and O–H groups in total. The maximum absolute atomic E-state index is 12.2. The molecule has 1 amide bonds. The summed E-state index contributed by atoms with van der Waals surface area (Å²) in [6, 6.07) is 7.62. The van der Waals surface area contributed by atoms with Crippen molar-refractivity contribution in [1.82, 2.24) is 15.5 Å². The standard InChI is InChI=1S/C17H15N3O2S/c21-17(14-8-15(22-20-14)11-3-4-11)19-9-12-2-1-6-18-16(12)13-5-7-23-10-13/h1-2,5-8,10-11H,3-4,9H2,(H,19,21). The van der Waals surface area contributed by atoms with E-state index in [1.54, 1.807) is 23.6 Å². The van der Waals surface area contributed by atoms with Crippen molar-refractivity contribution in [2.45, 2.75) is 25.3 Å². The van der Waals surface area contributed by atoms with Gasteiger partial charge in [-0.25, -0.2) is 0 Å². The second-order valence-electron chi connectivity index (χ2n) is 5.59. The SMILES string of the molecule is O=C(NCc1cccnc1-c1ccsc1)c1cc(C2CC2)on1. The number of hydrogen-bond acceptors (Lipinski definition) is 5. The Morgan fingerprint density at radius 2 is 2.30 bits per heavy atom. The molecule has 6 heteroatoms. The monoisotopic (exact) mass is 325 g/mol. The van der Waals surface area contributed by atoms with Crippen LogP contribution in [0.5, 0.6) is 0 Å². The third-order valence-corrected chi connectivity index (χ3v) is 4.55. The number of pyridine rings is 1. The minimum atomic E-state index is -0.222. The second kappa shape index (κ2) is 5.96. The number of amides is 1. The van der Waals surface area contributed by atoms with Crippen LogP contribution in [0.2, 0.25) is 0 Å².